The molecule has 3 rings (SSSR count). The van der Waals surface area contributed by atoms with Gasteiger partial charge < -0.3 is 14.0 Å². The van der Waals surface area contributed by atoms with Crippen LogP contribution in [0.2, 0.25) is 5.02 Å². The van der Waals surface area contributed by atoms with E-state index in [1.807, 2.05) is 44.2 Å². The minimum absolute atomic E-state index is 0.120. The standard InChI is InChI=1S/C21H22ClIN2O3/c1-4-5-10-26-18-8-7-15(11-16(18)22)21-24-20(25-28-21)14-6-9-19(17(23)12-14)27-13(2)3/h6-9,11-13H,4-5,10H2,1-3H3. The second-order valence-electron chi connectivity index (χ2n) is 6.58. The van der Waals surface area contributed by atoms with E-state index in [9.17, 15) is 0 Å². The maximum Gasteiger partial charge on any atom is 0.258 e. The van der Waals surface area contributed by atoms with Gasteiger partial charge in [0.25, 0.3) is 5.89 Å². The Morgan fingerprint density at radius 2 is 1.86 bits per heavy atom. The van der Waals surface area contributed by atoms with Gasteiger partial charge in [-0.2, -0.15) is 4.98 Å². The first-order valence-electron chi connectivity index (χ1n) is 9.21. The van der Waals surface area contributed by atoms with Gasteiger partial charge in [-0.15, -0.1) is 0 Å². The van der Waals surface area contributed by atoms with Crippen LogP contribution in [0.5, 0.6) is 11.5 Å². The van der Waals surface area contributed by atoms with E-state index in [1.165, 1.54) is 0 Å². The number of hydrogen-bond acceptors (Lipinski definition) is 5. The predicted molar refractivity (Wildman–Crippen MR) is 119 cm³/mol. The predicted octanol–water partition coefficient (Wildman–Crippen LogP) is 6.63. The number of rotatable bonds is 8. The minimum atomic E-state index is 0.120. The third kappa shape index (κ3) is 5.17. The lowest BCUT2D eigenvalue weighted by molar-refractivity contribution is 0.240. The number of halogens is 2. The van der Waals surface area contributed by atoms with E-state index in [2.05, 4.69) is 39.7 Å². The highest BCUT2D eigenvalue weighted by molar-refractivity contribution is 14.1. The van der Waals surface area contributed by atoms with E-state index < -0.39 is 0 Å². The Hall–Kier alpha value is -1.80. The highest BCUT2D eigenvalue weighted by atomic mass is 127. The van der Waals surface area contributed by atoms with Gasteiger partial charge in [-0.05, 0) is 79.3 Å². The Bertz CT molecular complexity index is 943. The van der Waals surface area contributed by atoms with E-state index in [4.69, 9.17) is 25.6 Å². The van der Waals surface area contributed by atoms with Crippen molar-refractivity contribution in [2.24, 2.45) is 0 Å². The summed E-state index contributed by atoms with van der Waals surface area (Å²) in [6.45, 7) is 6.77. The SMILES string of the molecule is CCCCOc1ccc(-c2nc(-c3ccc(OC(C)C)c(I)c3)no2)cc1Cl. The lowest BCUT2D eigenvalue weighted by Gasteiger charge is -2.11. The van der Waals surface area contributed by atoms with E-state index >= 15 is 0 Å². The zero-order chi connectivity index (χ0) is 20.1. The summed E-state index contributed by atoms with van der Waals surface area (Å²) in [6, 6.07) is 11.3. The Labute approximate surface area is 183 Å². The van der Waals surface area contributed by atoms with Crippen molar-refractivity contribution in [3.63, 3.8) is 0 Å². The molecule has 0 bridgehead atoms. The van der Waals surface area contributed by atoms with Crippen LogP contribution in [-0.4, -0.2) is 22.9 Å². The molecule has 0 aliphatic rings. The molecule has 0 unspecified atom stereocenters. The van der Waals surface area contributed by atoms with E-state index in [-0.39, 0.29) is 6.10 Å². The topological polar surface area (TPSA) is 57.4 Å². The molecule has 3 aromatic rings. The highest BCUT2D eigenvalue weighted by Crippen LogP contribution is 2.32. The number of ether oxygens (including phenoxy) is 2. The van der Waals surface area contributed by atoms with Gasteiger partial charge in [-0.3, -0.25) is 0 Å². The minimum Gasteiger partial charge on any atom is -0.492 e. The van der Waals surface area contributed by atoms with Crippen LogP contribution >= 0.6 is 34.2 Å². The number of unbranched alkanes of at least 4 members (excludes halogenated alkanes) is 1. The molecule has 0 spiro atoms. The molecule has 0 N–H and O–H groups in total. The quantitative estimate of drug-likeness (QED) is 0.250. The molecular weight excluding hydrogens is 491 g/mol. The first-order valence-corrected chi connectivity index (χ1v) is 10.7. The normalized spacial score (nSPS) is 11.1. The smallest absolute Gasteiger partial charge is 0.258 e. The fraction of sp³-hybridized carbons (Fsp3) is 0.333. The Kier molecular flexibility index (Phi) is 7.18. The monoisotopic (exact) mass is 512 g/mol. The highest BCUT2D eigenvalue weighted by Gasteiger charge is 2.14. The van der Waals surface area contributed by atoms with Crippen LogP contribution in [0.3, 0.4) is 0 Å². The number of aromatic nitrogens is 2. The van der Waals surface area contributed by atoms with Crippen LogP contribution in [0.15, 0.2) is 40.9 Å². The van der Waals surface area contributed by atoms with Crippen molar-refractivity contribution in [3.05, 3.63) is 45.0 Å². The molecule has 148 valence electrons. The van der Waals surface area contributed by atoms with Crippen molar-refractivity contribution < 1.29 is 14.0 Å². The Morgan fingerprint density at radius 1 is 1.11 bits per heavy atom. The second-order valence-corrected chi connectivity index (χ2v) is 8.15. The summed E-state index contributed by atoms with van der Waals surface area (Å²) in [7, 11) is 0. The van der Waals surface area contributed by atoms with Crippen LogP contribution in [0.1, 0.15) is 33.6 Å². The van der Waals surface area contributed by atoms with Gasteiger partial charge in [0.05, 0.1) is 21.3 Å². The zero-order valence-corrected chi connectivity index (χ0v) is 19.0. The average Bonchev–Trinajstić information content (AvgIpc) is 3.14. The van der Waals surface area contributed by atoms with Gasteiger partial charge >= 0.3 is 0 Å². The average molecular weight is 513 g/mol. The van der Waals surface area contributed by atoms with Gasteiger partial charge in [-0.1, -0.05) is 30.1 Å². The second kappa shape index (κ2) is 9.60. The number of nitrogens with zero attached hydrogens (tertiary/aromatic N) is 2. The number of benzene rings is 2. The van der Waals surface area contributed by atoms with Crippen molar-refractivity contribution in [2.45, 2.75) is 39.7 Å². The lowest BCUT2D eigenvalue weighted by Crippen LogP contribution is -2.06. The molecule has 7 heteroatoms. The van der Waals surface area contributed by atoms with Gasteiger partial charge in [-0.25, -0.2) is 0 Å². The van der Waals surface area contributed by atoms with Gasteiger partial charge in [0, 0.05) is 11.1 Å². The molecule has 1 heterocycles. The number of hydrogen-bond donors (Lipinski definition) is 0. The van der Waals surface area contributed by atoms with Crippen molar-refractivity contribution >= 4 is 34.2 Å². The van der Waals surface area contributed by atoms with E-state index in [1.54, 1.807) is 6.07 Å². The molecule has 5 nitrogen and oxygen atoms in total. The molecule has 28 heavy (non-hydrogen) atoms. The molecular formula is C21H22ClIN2O3. The first-order chi connectivity index (χ1) is 13.5. The molecule has 0 saturated heterocycles. The molecule has 0 aliphatic heterocycles. The molecule has 1 aromatic heterocycles. The van der Waals surface area contributed by atoms with Gasteiger partial charge in [0.15, 0.2) is 0 Å². The largest absolute Gasteiger partial charge is 0.492 e. The molecule has 0 aliphatic carbocycles. The summed E-state index contributed by atoms with van der Waals surface area (Å²) >= 11 is 8.58. The van der Waals surface area contributed by atoms with Crippen molar-refractivity contribution in [3.8, 4) is 34.3 Å². The van der Waals surface area contributed by atoms with Crippen LogP contribution in [0.25, 0.3) is 22.8 Å². The summed E-state index contributed by atoms with van der Waals surface area (Å²) in [5.41, 5.74) is 1.61. The maximum absolute atomic E-state index is 6.33. The van der Waals surface area contributed by atoms with Crippen molar-refractivity contribution in [1.82, 2.24) is 10.1 Å². The molecule has 2 aromatic carbocycles. The van der Waals surface area contributed by atoms with Crippen molar-refractivity contribution in [2.75, 3.05) is 6.61 Å². The van der Waals surface area contributed by atoms with E-state index in [0.29, 0.717) is 29.1 Å². The Balaban J connectivity index is 1.78. The summed E-state index contributed by atoms with van der Waals surface area (Å²) in [5.74, 6) is 2.43. The van der Waals surface area contributed by atoms with E-state index in [0.717, 1.165) is 33.3 Å². The summed E-state index contributed by atoms with van der Waals surface area (Å²) in [4.78, 5) is 4.51. The van der Waals surface area contributed by atoms with Gasteiger partial charge in [0.1, 0.15) is 11.5 Å². The summed E-state index contributed by atoms with van der Waals surface area (Å²) in [6.07, 6.45) is 2.18. The van der Waals surface area contributed by atoms with Crippen LogP contribution in [-0.2, 0) is 0 Å². The summed E-state index contributed by atoms with van der Waals surface area (Å²) in [5, 5.41) is 4.63. The molecule has 0 radical (unpaired) electrons. The maximum atomic E-state index is 6.33. The molecule has 0 atom stereocenters. The Morgan fingerprint density at radius 3 is 2.54 bits per heavy atom. The van der Waals surface area contributed by atoms with Gasteiger partial charge in [0.2, 0.25) is 5.82 Å². The third-order valence-corrected chi connectivity index (χ3v) is 5.05. The van der Waals surface area contributed by atoms with Crippen LogP contribution in [0.4, 0.5) is 0 Å². The van der Waals surface area contributed by atoms with Crippen LogP contribution < -0.4 is 9.47 Å². The molecule has 0 saturated carbocycles. The fourth-order valence-corrected chi connectivity index (χ4v) is 3.40. The lowest BCUT2D eigenvalue weighted by atomic mass is 10.2. The first kappa shape index (κ1) is 20.9. The fourth-order valence-electron chi connectivity index (χ4n) is 2.52. The molecule has 0 amide bonds. The zero-order valence-electron chi connectivity index (χ0n) is 16.0. The van der Waals surface area contributed by atoms with Crippen LogP contribution in [0, 0.1) is 3.57 Å². The van der Waals surface area contributed by atoms with Crippen molar-refractivity contribution in [1.29, 1.82) is 0 Å². The molecule has 0 fully saturated rings. The summed E-state index contributed by atoms with van der Waals surface area (Å²) < 4.78 is 17.9. The third-order valence-electron chi connectivity index (χ3n) is 3.91.